The molecule has 1 atom stereocenters. The van der Waals surface area contributed by atoms with E-state index in [4.69, 9.17) is 10.5 Å². The summed E-state index contributed by atoms with van der Waals surface area (Å²) in [5.74, 6) is 1.82. The van der Waals surface area contributed by atoms with Gasteiger partial charge in [0.05, 0.1) is 7.11 Å². The van der Waals surface area contributed by atoms with E-state index in [2.05, 4.69) is 40.2 Å². The Morgan fingerprint density at radius 3 is 2.25 bits per heavy atom. The summed E-state index contributed by atoms with van der Waals surface area (Å²) in [7, 11) is 1.73. The van der Waals surface area contributed by atoms with Crippen LogP contribution in [-0.4, -0.2) is 25.2 Å². The van der Waals surface area contributed by atoms with Gasteiger partial charge in [0.15, 0.2) is 0 Å². The van der Waals surface area contributed by atoms with Gasteiger partial charge in [0.1, 0.15) is 11.6 Å². The SMILES string of the molecule is COc1cccc2c1CC1(CCN(c3ccc(-c4ccc(-c5ccccc5)cc4)c(=O)[nH]3)CC1)[C@@H]2N. The number of hydrogen-bond acceptors (Lipinski definition) is 4. The van der Waals surface area contributed by atoms with Crippen molar-refractivity contribution in [1.82, 2.24) is 4.98 Å². The molecule has 3 N–H and O–H groups in total. The number of piperidine rings is 1. The van der Waals surface area contributed by atoms with Crippen LogP contribution in [0.5, 0.6) is 5.75 Å². The Kier molecular flexibility index (Phi) is 5.65. The number of nitrogens with two attached hydrogens (primary N) is 1. The van der Waals surface area contributed by atoms with E-state index >= 15 is 0 Å². The molecule has 2 aliphatic rings. The molecule has 1 spiro atoms. The lowest BCUT2D eigenvalue weighted by molar-refractivity contribution is 0.186. The lowest BCUT2D eigenvalue weighted by Crippen LogP contribution is -2.44. The minimum atomic E-state index is -0.0602. The van der Waals surface area contributed by atoms with Crippen LogP contribution >= 0.6 is 0 Å². The normalized spacial score (nSPS) is 18.3. The molecule has 182 valence electrons. The number of methoxy groups -OCH3 is 1. The van der Waals surface area contributed by atoms with Crippen molar-refractivity contribution in [2.24, 2.45) is 11.1 Å². The van der Waals surface area contributed by atoms with Crippen LogP contribution < -0.4 is 20.9 Å². The Hall–Kier alpha value is -3.83. The van der Waals surface area contributed by atoms with Gasteiger partial charge in [-0.05, 0) is 70.7 Å². The summed E-state index contributed by atoms with van der Waals surface area (Å²) in [5.41, 5.74) is 13.2. The molecule has 1 saturated heterocycles. The second kappa shape index (κ2) is 8.99. The highest BCUT2D eigenvalue weighted by Gasteiger charge is 2.47. The molecule has 3 aromatic carbocycles. The summed E-state index contributed by atoms with van der Waals surface area (Å²) in [5, 5.41) is 0. The molecule has 2 heterocycles. The van der Waals surface area contributed by atoms with Crippen LogP contribution in [0.3, 0.4) is 0 Å². The van der Waals surface area contributed by atoms with Gasteiger partial charge in [0, 0.05) is 24.7 Å². The molecule has 1 aliphatic heterocycles. The van der Waals surface area contributed by atoms with Crippen LogP contribution in [0.1, 0.15) is 30.0 Å². The minimum absolute atomic E-state index is 0.0185. The second-order valence-corrected chi connectivity index (χ2v) is 10.1. The van der Waals surface area contributed by atoms with Crippen LogP contribution in [0.4, 0.5) is 5.82 Å². The summed E-state index contributed by atoms with van der Waals surface area (Å²) in [4.78, 5) is 18.5. The van der Waals surface area contributed by atoms with Gasteiger partial charge in [-0.3, -0.25) is 4.79 Å². The lowest BCUT2D eigenvalue weighted by atomic mass is 9.73. The maximum Gasteiger partial charge on any atom is 0.257 e. The van der Waals surface area contributed by atoms with Crippen LogP contribution in [-0.2, 0) is 6.42 Å². The molecule has 0 unspecified atom stereocenters. The minimum Gasteiger partial charge on any atom is -0.496 e. The molecule has 1 aliphatic carbocycles. The van der Waals surface area contributed by atoms with Crippen molar-refractivity contribution < 1.29 is 4.74 Å². The number of aromatic nitrogens is 1. The number of anilines is 1. The molecular formula is C31H31N3O2. The molecule has 0 bridgehead atoms. The number of nitrogens with one attached hydrogen (secondary N) is 1. The fourth-order valence-corrected chi connectivity index (χ4v) is 6.07. The van der Waals surface area contributed by atoms with Gasteiger partial charge in [-0.1, -0.05) is 66.7 Å². The highest BCUT2D eigenvalue weighted by Crippen LogP contribution is 2.53. The molecule has 4 aromatic rings. The highest BCUT2D eigenvalue weighted by atomic mass is 16.5. The van der Waals surface area contributed by atoms with Crippen LogP contribution in [0.2, 0.25) is 0 Å². The quantitative estimate of drug-likeness (QED) is 0.404. The molecule has 36 heavy (non-hydrogen) atoms. The zero-order chi connectivity index (χ0) is 24.7. The fourth-order valence-electron chi connectivity index (χ4n) is 6.07. The smallest absolute Gasteiger partial charge is 0.257 e. The van der Waals surface area contributed by atoms with Crippen molar-refractivity contribution >= 4 is 5.82 Å². The number of H-pyrrole nitrogens is 1. The first kappa shape index (κ1) is 22.6. The van der Waals surface area contributed by atoms with Gasteiger partial charge in [0.2, 0.25) is 0 Å². The monoisotopic (exact) mass is 477 g/mol. The molecule has 1 aromatic heterocycles. The van der Waals surface area contributed by atoms with Gasteiger partial charge in [-0.25, -0.2) is 0 Å². The molecule has 1 fully saturated rings. The Labute approximate surface area is 211 Å². The van der Waals surface area contributed by atoms with Crippen molar-refractivity contribution in [3.8, 4) is 28.0 Å². The number of ether oxygens (including phenoxy) is 1. The topological polar surface area (TPSA) is 71.3 Å². The lowest BCUT2D eigenvalue weighted by Gasteiger charge is -2.42. The summed E-state index contributed by atoms with van der Waals surface area (Å²) in [6.07, 6.45) is 2.92. The summed E-state index contributed by atoms with van der Waals surface area (Å²) in [6, 6.07) is 28.6. The third-order valence-electron chi connectivity index (χ3n) is 8.21. The first-order valence-corrected chi connectivity index (χ1v) is 12.6. The summed E-state index contributed by atoms with van der Waals surface area (Å²) < 4.78 is 5.61. The first-order valence-electron chi connectivity index (χ1n) is 12.6. The molecule has 0 radical (unpaired) electrons. The first-order chi connectivity index (χ1) is 17.6. The Morgan fingerprint density at radius 2 is 1.56 bits per heavy atom. The Balaban J connectivity index is 1.17. The molecule has 5 heteroatoms. The van der Waals surface area contributed by atoms with E-state index in [0.29, 0.717) is 5.56 Å². The zero-order valence-electron chi connectivity index (χ0n) is 20.5. The average molecular weight is 478 g/mol. The standard InChI is InChI=1S/C31H31N3O2/c1-36-27-9-5-8-25-26(27)20-31(29(25)32)16-18-34(19-17-31)28-15-14-24(30(35)33-28)23-12-10-22(11-13-23)21-6-3-2-4-7-21/h2-15,29H,16-20,32H2,1H3,(H,33,35)/t29-/m1/s1. The van der Waals surface area contributed by atoms with Crippen LogP contribution in [0.25, 0.3) is 22.3 Å². The van der Waals surface area contributed by atoms with Crippen molar-refractivity contribution in [2.45, 2.75) is 25.3 Å². The van der Waals surface area contributed by atoms with Gasteiger partial charge in [0.25, 0.3) is 5.56 Å². The number of nitrogens with zero attached hydrogens (tertiary/aromatic N) is 1. The van der Waals surface area contributed by atoms with Crippen molar-refractivity contribution in [3.63, 3.8) is 0 Å². The second-order valence-electron chi connectivity index (χ2n) is 10.1. The maximum atomic E-state index is 13.0. The molecule has 0 saturated carbocycles. The largest absolute Gasteiger partial charge is 0.496 e. The third-order valence-corrected chi connectivity index (χ3v) is 8.21. The Bertz CT molecular complexity index is 1440. The van der Waals surface area contributed by atoms with Crippen molar-refractivity contribution in [3.05, 3.63) is 106 Å². The van der Waals surface area contributed by atoms with Gasteiger partial charge in [-0.2, -0.15) is 0 Å². The zero-order valence-corrected chi connectivity index (χ0v) is 20.5. The van der Waals surface area contributed by atoms with Crippen LogP contribution in [0.15, 0.2) is 89.7 Å². The van der Waals surface area contributed by atoms with E-state index in [9.17, 15) is 4.79 Å². The number of rotatable bonds is 4. The number of pyridine rings is 1. The highest BCUT2D eigenvalue weighted by molar-refractivity contribution is 5.70. The van der Waals surface area contributed by atoms with Crippen LogP contribution in [0, 0.1) is 5.41 Å². The van der Waals surface area contributed by atoms with E-state index in [1.807, 2.05) is 54.6 Å². The number of hydrogen-bond donors (Lipinski definition) is 2. The van der Waals surface area contributed by atoms with E-state index in [-0.39, 0.29) is 17.0 Å². The van der Waals surface area contributed by atoms with Gasteiger partial charge in [-0.15, -0.1) is 0 Å². The average Bonchev–Trinajstić information content (AvgIpc) is 3.20. The third kappa shape index (κ3) is 3.80. The van der Waals surface area contributed by atoms with Crippen molar-refractivity contribution in [2.75, 3.05) is 25.1 Å². The summed E-state index contributed by atoms with van der Waals surface area (Å²) >= 11 is 0. The number of fused-ring (bicyclic) bond motifs is 1. The maximum absolute atomic E-state index is 13.0. The number of aromatic amines is 1. The fraction of sp³-hybridized carbons (Fsp3) is 0.258. The number of benzene rings is 3. The van der Waals surface area contributed by atoms with E-state index in [1.165, 1.54) is 16.7 Å². The van der Waals surface area contributed by atoms with E-state index in [1.54, 1.807) is 7.11 Å². The molecule has 5 nitrogen and oxygen atoms in total. The van der Waals surface area contributed by atoms with Gasteiger partial charge < -0.3 is 20.4 Å². The molecular weight excluding hydrogens is 446 g/mol. The Morgan fingerprint density at radius 1 is 0.861 bits per heavy atom. The predicted octanol–water partition coefficient (Wildman–Crippen LogP) is 5.56. The predicted molar refractivity (Wildman–Crippen MR) is 145 cm³/mol. The van der Waals surface area contributed by atoms with E-state index in [0.717, 1.165) is 55.0 Å². The van der Waals surface area contributed by atoms with Gasteiger partial charge >= 0.3 is 0 Å². The summed E-state index contributed by atoms with van der Waals surface area (Å²) in [6.45, 7) is 1.73. The molecule has 6 rings (SSSR count). The molecule has 0 amide bonds. The van der Waals surface area contributed by atoms with Crippen molar-refractivity contribution in [1.29, 1.82) is 0 Å². The van der Waals surface area contributed by atoms with E-state index < -0.39 is 0 Å².